The lowest BCUT2D eigenvalue weighted by atomic mass is 10.1. The minimum absolute atomic E-state index is 0.372. The van der Waals surface area contributed by atoms with Gasteiger partial charge in [-0.25, -0.2) is 5.48 Å². The molecule has 2 N–H and O–H groups in total. The molecule has 4 aromatic rings. The maximum atomic E-state index is 11.7. The molecule has 6 heteroatoms. The van der Waals surface area contributed by atoms with Gasteiger partial charge >= 0.3 is 0 Å². The van der Waals surface area contributed by atoms with E-state index >= 15 is 0 Å². The second-order valence-electron chi connectivity index (χ2n) is 6.44. The number of ether oxygens (including phenoxy) is 1. The summed E-state index contributed by atoms with van der Waals surface area (Å²) in [6, 6.07) is 23.1. The highest BCUT2D eigenvalue weighted by molar-refractivity contribution is 5.97. The maximum absolute atomic E-state index is 11.7. The van der Waals surface area contributed by atoms with Crippen molar-refractivity contribution in [1.82, 2.24) is 15.3 Å². The van der Waals surface area contributed by atoms with Crippen molar-refractivity contribution in [1.29, 1.82) is 0 Å². The fourth-order valence-corrected chi connectivity index (χ4v) is 3.05. The molecule has 0 bridgehead atoms. The van der Waals surface area contributed by atoms with Gasteiger partial charge in [0.2, 0.25) is 0 Å². The van der Waals surface area contributed by atoms with Crippen molar-refractivity contribution in [2.24, 2.45) is 0 Å². The molecule has 140 valence electrons. The largest absolute Gasteiger partial charge is 0.489 e. The normalized spacial score (nSPS) is 10.8. The predicted molar refractivity (Wildman–Crippen MR) is 105 cm³/mol. The van der Waals surface area contributed by atoms with Crippen LogP contribution < -0.4 is 10.2 Å². The van der Waals surface area contributed by atoms with Gasteiger partial charge in [0.15, 0.2) is 0 Å². The molecule has 3 aromatic carbocycles. The first-order chi connectivity index (χ1) is 13.7. The van der Waals surface area contributed by atoms with Crippen LogP contribution in [-0.2, 0) is 13.2 Å². The number of benzene rings is 3. The van der Waals surface area contributed by atoms with Crippen LogP contribution in [-0.4, -0.2) is 20.9 Å². The van der Waals surface area contributed by atoms with Crippen LogP contribution in [0.3, 0.4) is 0 Å². The number of hydrogen-bond acceptors (Lipinski definition) is 4. The first-order valence-corrected chi connectivity index (χ1v) is 8.88. The summed E-state index contributed by atoms with van der Waals surface area (Å²) in [4.78, 5) is 11.7. The Labute approximate surface area is 162 Å². The van der Waals surface area contributed by atoms with Gasteiger partial charge < -0.3 is 4.74 Å². The van der Waals surface area contributed by atoms with Gasteiger partial charge in [-0.3, -0.25) is 14.7 Å². The molecule has 0 radical (unpaired) electrons. The smallest absolute Gasteiger partial charge is 0.274 e. The number of carbonyl (C=O) groups is 1. The molecule has 0 saturated carbocycles. The summed E-state index contributed by atoms with van der Waals surface area (Å²) in [5.74, 6) is 0.240. The molecule has 0 aliphatic heterocycles. The van der Waals surface area contributed by atoms with E-state index in [-0.39, 0.29) is 0 Å². The highest BCUT2D eigenvalue weighted by Crippen LogP contribution is 2.20. The lowest BCUT2D eigenvalue weighted by molar-refractivity contribution is 0.0706. The number of amides is 1. The van der Waals surface area contributed by atoms with E-state index in [1.807, 2.05) is 65.3 Å². The second-order valence-corrected chi connectivity index (χ2v) is 6.44. The number of rotatable bonds is 6. The highest BCUT2D eigenvalue weighted by Gasteiger charge is 2.09. The van der Waals surface area contributed by atoms with E-state index in [0.717, 1.165) is 27.8 Å². The Balaban J connectivity index is 1.53. The quantitative estimate of drug-likeness (QED) is 0.398. The van der Waals surface area contributed by atoms with Crippen LogP contribution >= 0.6 is 0 Å². The topological polar surface area (TPSA) is 76.4 Å². The zero-order valence-corrected chi connectivity index (χ0v) is 15.1. The van der Waals surface area contributed by atoms with Crippen molar-refractivity contribution < 1.29 is 14.7 Å². The Morgan fingerprint density at radius 1 is 1.00 bits per heavy atom. The summed E-state index contributed by atoms with van der Waals surface area (Å²) in [5.41, 5.74) is 4.99. The number of hydrogen-bond donors (Lipinski definition) is 2. The van der Waals surface area contributed by atoms with Crippen LogP contribution in [0.4, 0.5) is 0 Å². The number of fused-ring (bicyclic) bond motifs is 1. The molecule has 0 saturated heterocycles. The summed E-state index contributed by atoms with van der Waals surface area (Å²) in [6.45, 7) is 1.05. The van der Waals surface area contributed by atoms with Crippen LogP contribution in [0.5, 0.6) is 5.75 Å². The maximum Gasteiger partial charge on any atom is 0.274 e. The van der Waals surface area contributed by atoms with E-state index in [1.54, 1.807) is 23.8 Å². The van der Waals surface area contributed by atoms with Gasteiger partial charge in [0.1, 0.15) is 12.4 Å². The molecule has 0 aliphatic carbocycles. The number of aromatic nitrogens is 2. The molecule has 0 aliphatic rings. The molecular formula is C22H19N3O3. The predicted octanol–water partition coefficient (Wildman–Crippen LogP) is 3.78. The number of carbonyl (C=O) groups excluding carboxylic acids is 1. The fraction of sp³-hybridized carbons (Fsp3) is 0.0909. The minimum Gasteiger partial charge on any atom is -0.489 e. The molecule has 1 amide bonds. The zero-order chi connectivity index (χ0) is 19.3. The summed E-state index contributed by atoms with van der Waals surface area (Å²) in [6.07, 6.45) is 1.76. The van der Waals surface area contributed by atoms with Gasteiger partial charge in [0.25, 0.3) is 5.91 Å². The van der Waals surface area contributed by atoms with Gasteiger partial charge in [-0.05, 0) is 35.4 Å². The van der Waals surface area contributed by atoms with E-state index in [4.69, 9.17) is 9.94 Å². The van der Waals surface area contributed by atoms with Gasteiger partial charge in [0, 0.05) is 10.9 Å². The fourth-order valence-electron chi connectivity index (χ4n) is 3.05. The average molecular weight is 373 g/mol. The molecule has 4 rings (SSSR count). The number of nitrogens with zero attached hydrogens (tertiary/aromatic N) is 2. The second kappa shape index (κ2) is 7.94. The first-order valence-electron chi connectivity index (χ1n) is 8.88. The Hall–Kier alpha value is -3.64. The van der Waals surface area contributed by atoms with Gasteiger partial charge in [0.05, 0.1) is 18.3 Å². The number of nitrogens with one attached hydrogen (secondary N) is 1. The SMILES string of the molecule is O=C(NO)c1ccc2cnn(Cc3cccc(OCc4ccccc4)c3)c2c1. The third kappa shape index (κ3) is 3.87. The summed E-state index contributed by atoms with van der Waals surface area (Å²) in [5, 5.41) is 14.2. The van der Waals surface area contributed by atoms with Crippen molar-refractivity contribution >= 4 is 16.8 Å². The van der Waals surface area contributed by atoms with Crippen LogP contribution in [0.25, 0.3) is 10.9 Å². The molecule has 1 heterocycles. The zero-order valence-electron chi connectivity index (χ0n) is 15.1. The van der Waals surface area contributed by atoms with Crippen molar-refractivity contribution in [3.63, 3.8) is 0 Å². The standard InChI is InChI=1S/C22H19N3O3/c26-22(24-27)18-9-10-19-13-23-25(21(19)12-18)14-17-7-4-8-20(11-17)28-15-16-5-2-1-3-6-16/h1-13,27H,14-15H2,(H,24,26). The summed E-state index contributed by atoms with van der Waals surface area (Å²) >= 11 is 0. The molecule has 0 fully saturated rings. The van der Waals surface area contributed by atoms with Crippen LogP contribution in [0, 0.1) is 0 Å². The molecule has 0 unspecified atom stereocenters. The van der Waals surface area contributed by atoms with Crippen molar-refractivity contribution in [2.45, 2.75) is 13.2 Å². The Kier molecular flexibility index (Phi) is 5.03. The van der Waals surface area contributed by atoms with Crippen molar-refractivity contribution in [3.05, 3.63) is 95.7 Å². The summed E-state index contributed by atoms with van der Waals surface area (Å²) < 4.78 is 7.71. The van der Waals surface area contributed by atoms with Gasteiger partial charge in [-0.2, -0.15) is 5.10 Å². The van der Waals surface area contributed by atoms with E-state index in [2.05, 4.69) is 5.10 Å². The van der Waals surface area contributed by atoms with E-state index in [0.29, 0.717) is 18.7 Å². The third-order valence-electron chi connectivity index (χ3n) is 4.49. The molecule has 0 spiro atoms. The molecule has 0 atom stereocenters. The third-order valence-corrected chi connectivity index (χ3v) is 4.49. The summed E-state index contributed by atoms with van der Waals surface area (Å²) in [7, 11) is 0. The molecule has 6 nitrogen and oxygen atoms in total. The molecule has 1 aromatic heterocycles. The van der Waals surface area contributed by atoms with Crippen LogP contribution in [0.2, 0.25) is 0 Å². The van der Waals surface area contributed by atoms with E-state index in [9.17, 15) is 4.79 Å². The Bertz CT molecular complexity index is 1110. The van der Waals surface area contributed by atoms with Crippen molar-refractivity contribution in [3.8, 4) is 5.75 Å². The van der Waals surface area contributed by atoms with Crippen LogP contribution in [0.15, 0.2) is 79.0 Å². The monoisotopic (exact) mass is 373 g/mol. The van der Waals surface area contributed by atoms with Crippen LogP contribution in [0.1, 0.15) is 21.5 Å². The minimum atomic E-state index is -0.550. The van der Waals surface area contributed by atoms with Crippen molar-refractivity contribution in [2.75, 3.05) is 0 Å². The Morgan fingerprint density at radius 3 is 2.64 bits per heavy atom. The highest BCUT2D eigenvalue weighted by atomic mass is 16.5. The lowest BCUT2D eigenvalue weighted by Gasteiger charge is -2.09. The van der Waals surface area contributed by atoms with E-state index < -0.39 is 5.91 Å². The van der Waals surface area contributed by atoms with E-state index in [1.165, 1.54) is 0 Å². The van der Waals surface area contributed by atoms with Gasteiger partial charge in [-0.15, -0.1) is 0 Å². The lowest BCUT2D eigenvalue weighted by Crippen LogP contribution is -2.18. The number of hydroxylamine groups is 1. The Morgan fingerprint density at radius 2 is 1.82 bits per heavy atom. The molecular weight excluding hydrogens is 354 g/mol. The first kappa shape index (κ1) is 17.8. The van der Waals surface area contributed by atoms with Gasteiger partial charge in [-0.1, -0.05) is 48.5 Å². The average Bonchev–Trinajstić information content (AvgIpc) is 3.14. The molecule has 28 heavy (non-hydrogen) atoms.